The number of rotatable bonds is 1. The highest BCUT2D eigenvalue weighted by atomic mass is 35.5. The van der Waals surface area contributed by atoms with Gasteiger partial charge in [0.2, 0.25) is 0 Å². The van der Waals surface area contributed by atoms with E-state index in [0.717, 1.165) is 12.4 Å². The van der Waals surface area contributed by atoms with Gasteiger partial charge in [0, 0.05) is 16.6 Å². The Balaban J connectivity index is 2.33. The van der Waals surface area contributed by atoms with Crippen LogP contribution in [0.15, 0.2) is 23.2 Å². The average molecular weight is 213 g/mol. The van der Waals surface area contributed by atoms with E-state index in [-0.39, 0.29) is 5.82 Å². The smallest absolute Gasteiger partial charge is 0.128 e. The molecule has 2 nitrogen and oxygen atoms in total. The number of aliphatic imine (C=N–C) groups is 1. The highest BCUT2D eigenvalue weighted by Crippen LogP contribution is 2.15. The fraction of sp³-hybridized carbons (Fsp3) is 0.300. The van der Waals surface area contributed by atoms with E-state index in [1.54, 1.807) is 6.07 Å². The maximum absolute atomic E-state index is 13.0. The van der Waals surface area contributed by atoms with Crippen molar-refractivity contribution < 1.29 is 4.39 Å². The Morgan fingerprint density at radius 3 is 2.86 bits per heavy atom. The van der Waals surface area contributed by atoms with Crippen molar-refractivity contribution in [3.63, 3.8) is 0 Å². The normalized spacial score (nSPS) is 20.5. The first-order valence-electron chi connectivity index (χ1n) is 4.42. The summed E-state index contributed by atoms with van der Waals surface area (Å²) in [5.41, 5.74) is 0.708. The number of nitrogens with zero attached hydrogens (tertiary/aromatic N) is 1. The lowest BCUT2D eigenvalue weighted by Gasteiger charge is -2.06. The van der Waals surface area contributed by atoms with Crippen molar-refractivity contribution in [1.29, 1.82) is 0 Å². The topological polar surface area (TPSA) is 24.4 Å². The molecule has 1 N–H and O–H groups in total. The summed E-state index contributed by atoms with van der Waals surface area (Å²) in [5, 5.41) is 3.54. The van der Waals surface area contributed by atoms with Gasteiger partial charge in [-0.3, -0.25) is 4.99 Å². The third kappa shape index (κ3) is 1.87. The third-order valence-corrected chi connectivity index (χ3v) is 2.26. The summed E-state index contributed by atoms with van der Waals surface area (Å²) < 4.78 is 13.0. The molecule has 74 valence electrons. The van der Waals surface area contributed by atoms with Crippen molar-refractivity contribution >= 4 is 17.4 Å². The summed E-state index contributed by atoms with van der Waals surface area (Å²) >= 11 is 5.74. The molecular weight excluding hydrogens is 203 g/mol. The summed E-state index contributed by atoms with van der Waals surface area (Å²) in [4.78, 5) is 4.25. The number of halogens is 2. The maximum atomic E-state index is 13.0. The molecule has 0 saturated carbocycles. The molecule has 0 amide bonds. The van der Waals surface area contributed by atoms with Crippen molar-refractivity contribution in [3.8, 4) is 0 Å². The molecule has 1 aromatic rings. The van der Waals surface area contributed by atoms with Gasteiger partial charge in [0.15, 0.2) is 0 Å². The van der Waals surface area contributed by atoms with Crippen molar-refractivity contribution in [2.24, 2.45) is 4.99 Å². The number of hydrogen-bond acceptors (Lipinski definition) is 2. The van der Waals surface area contributed by atoms with Gasteiger partial charge in [-0.05, 0) is 25.1 Å². The molecule has 0 fully saturated rings. The van der Waals surface area contributed by atoms with E-state index in [1.165, 1.54) is 12.1 Å². The zero-order valence-electron chi connectivity index (χ0n) is 7.72. The third-order valence-electron chi connectivity index (χ3n) is 2.04. The van der Waals surface area contributed by atoms with Crippen LogP contribution in [0.2, 0.25) is 5.02 Å². The first-order chi connectivity index (χ1) is 6.65. The number of benzene rings is 1. The molecule has 14 heavy (non-hydrogen) atoms. The van der Waals surface area contributed by atoms with Gasteiger partial charge in [-0.15, -0.1) is 0 Å². The highest BCUT2D eigenvalue weighted by Gasteiger charge is 2.14. The molecule has 0 aromatic heterocycles. The van der Waals surface area contributed by atoms with Crippen LogP contribution in [0.4, 0.5) is 4.39 Å². The van der Waals surface area contributed by atoms with Crippen LogP contribution in [0.3, 0.4) is 0 Å². The summed E-state index contributed by atoms with van der Waals surface area (Å²) in [6.07, 6.45) is 0. The molecule has 1 aromatic carbocycles. The molecule has 0 radical (unpaired) electrons. The molecule has 0 aliphatic carbocycles. The summed E-state index contributed by atoms with van der Waals surface area (Å²) in [5.74, 6) is 0.385. The van der Waals surface area contributed by atoms with Gasteiger partial charge >= 0.3 is 0 Å². The Hall–Kier alpha value is -1.09. The highest BCUT2D eigenvalue weighted by molar-refractivity contribution is 6.31. The summed E-state index contributed by atoms with van der Waals surface area (Å²) in [7, 11) is 0. The molecule has 2 rings (SSSR count). The van der Waals surface area contributed by atoms with Crippen LogP contribution < -0.4 is 5.32 Å². The van der Waals surface area contributed by atoms with Gasteiger partial charge in [0.25, 0.3) is 0 Å². The second-order valence-electron chi connectivity index (χ2n) is 3.39. The van der Waals surface area contributed by atoms with Crippen LogP contribution in [0.5, 0.6) is 0 Å². The fourth-order valence-corrected chi connectivity index (χ4v) is 1.64. The first-order valence-corrected chi connectivity index (χ1v) is 4.80. The number of nitrogens with one attached hydrogen (secondary N) is 1. The van der Waals surface area contributed by atoms with Crippen molar-refractivity contribution in [2.45, 2.75) is 13.0 Å². The Morgan fingerprint density at radius 1 is 1.50 bits per heavy atom. The molecule has 1 heterocycles. The van der Waals surface area contributed by atoms with Crippen molar-refractivity contribution in [2.75, 3.05) is 6.54 Å². The summed E-state index contributed by atoms with van der Waals surface area (Å²) in [6, 6.07) is 4.72. The van der Waals surface area contributed by atoms with Crippen molar-refractivity contribution in [3.05, 3.63) is 34.6 Å². The van der Waals surface area contributed by atoms with Gasteiger partial charge in [-0.1, -0.05) is 11.6 Å². The summed E-state index contributed by atoms with van der Waals surface area (Å²) in [6.45, 7) is 2.75. The van der Waals surface area contributed by atoms with E-state index >= 15 is 0 Å². The number of amidine groups is 1. The van der Waals surface area contributed by atoms with E-state index in [9.17, 15) is 4.39 Å². The number of hydrogen-bond donors (Lipinski definition) is 1. The van der Waals surface area contributed by atoms with Crippen molar-refractivity contribution in [1.82, 2.24) is 5.32 Å². The van der Waals surface area contributed by atoms with E-state index in [4.69, 9.17) is 11.6 Å². The fourth-order valence-electron chi connectivity index (χ4n) is 1.42. The average Bonchev–Trinajstić information content (AvgIpc) is 2.50. The zero-order valence-corrected chi connectivity index (χ0v) is 8.48. The SMILES string of the molecule is CC1CN=C(c2cc(F)cc(Cl)c2)N1. The molecule has 4 heteroatoms. The lowest BCUT2D eigenvalue weighted by Crippen LogP contribution is -2.27. The van der Waals surface area contributed by atoms with E-state index in [1.807, 2.05) is 6.92 Å². The van der Waals surface area contributed by atoms with Gasteiger partial charge in [-0.25, -0.2) is 4.39 Å². The Labute approximate surface area is 86.8 Å². The Kier molecular flexibility index (Phi) is 2.42. The molecule has 1 aliphatic heterocycles. The lowest BCUT2D eigenvalue weighted by molar-refractivity contribution is 0.627. The second kappa shape index (κ2) is 3.58. The minimum absolute atomic E-state index is 0.312. The largest absolute Gasteiger partial charge is 0.366 e. The predicted molar refractivity (Wildman–Crippen MR) is 55.4 cm³/mol. The van der Waals surface area contributed by atoms with Crippen LogP contribution in [-0.2, 0) is 0 Å². The van der Waals surface area contributed by atoms with Crippen LogP contribution in [-0.4, -0.2) is 18.4 Å². The molecule has 1 aliphatic rings. The van der Waals surface area contributed by atoms with Crippen LogP contribution in [0.25, 0.3) is 0 Å². The molecule has 1 unspecified atom stereocenters. The van der Waals surface area contributed by atoms with Gasteiger partial charge in [-0.2, -0.15) is 0 Å². The monoisotopic (exact) mass is 212 g/mol. The lowest BCUT2D eigenvalue weighted by atomic mass is 10.2. The Bertz CT molecular complexity index is 369. The molecule has 0 saturated heterocycles. The minimum atomic E-state index is -0.337. The van der Waals surface area contributed by atoms with Gasteiger partial charge in [0.1, 0.15) is 11.7 Å². The van der Waals surface area contributed by atoms with E-state index in [2.05, 4.69) is 10.3 Å². The van der Waals surface area contributed by atoms with Gasteiger partial charge < -0.3 is 5.32 Å². The minimum Gasteiger partial charge on any atom is -0.366 e. The van der Waals surface area contributed by atoms with Crippen LogP contribution >= 0.6 is 11.6 Å². The first kappa shape index (κ1) is 9.46. The standard InChI is InChI=1S/C10H10ClFN2/c1-6-5-13-10(14-6)7-2-8(11)4-9(12)3-7/h2-4,6H,5H2,1H3,(H,13,14). The van der Waals surface area contributed by atoms with Gasteiger partial charge in [0.05, 0.1) is 6.54 Å². The van der Waals surface area contributed by atoms with E-state index < -0.39 is 0 Å². The zero-order chi connectivity index (χ0) is 10.1. The molecular formula is C10H10ClFN2. The molecule has 0 spiro atoms. The second-order valence-corrected chi connectivity index (χ2v) is 3.83. The Morgan fingerprint density at radius 2 is 2.29 bits per heavy atom. The molecule has 1 atom stereocenters. The quantitative estimate of drug-likeness (QED) is 0.759. The molecule has 0 bridgehead atoms. The van der Waals surface area contributed by atoms with Crippen LogP contribution in [0, 0.1) is 5.82 Å². The maximum Gasteiger partial charge on any atom is 0.128 e. The van der Waals surface area contributed by atoms with Crippen LogP contribution in [0.1, 0.15) is 12.5 Å². The predicted octanol–water partition coefficient (Wildman–Crippen LogP) is 2.22. The van der Waals surface area contributed by atoms with E-state index in [0.29, 0.717) is 16.6 Å².